The van der Waals surface area contributed by atoms with Crippen LogP contribution in [0.2, 0.25) is 0 Å². The van der Waals surface area contributed by atoms with Crippen molar-refractivity contribution in [3.63, 3.8) is 0 Å². The van der Waals surface area contributed by atoms with Crippen molar-refractivity contribution in [1.82, 2.24) is 9.97 Å². The first-order valence-electron chi connectivity index (χ1n) is 12.7. The van der Waals surface area contributed by atoms with Gasteiger partial charge in [0.15, 0.2) is 23.1 Å². The SMILES string of the molecule is CCCCCCCCCOc1cnc(-c2ccc(OCCCCCCCC)c(F)c2F)nc1. The van der Waals surface area contributed by atoms with Crippen molar-refractivity contribution in [2.24, 2.45) is 0 Å². The van der Waals surface area contributed by atoms with Gasteiger partial charge in [0.2, 0.25) is 5.82 Å². The zero-order chi connectivity index (χ0) is 23.7. The van der Waals surface area contributed by atoms with Gasteiger partial charge in [-0.05, 0) is 25.0 Å². The Balaban J connectivity index is 1.77. The minimum atomic E-state index is -0.999. The van der Waals surface area contributed by atoms with E-state index >= 15 is 0 Å². The van der Waals surface area contributed by atoms with Gasteiger partial charge in [-0.1, -0.05) is 84.5 Å². The first-order valence-corrected chi connectivity index (χ1v) is 12.7. The van der Waals surface area contributed by atoms with E-state index < -0.39 is 11.6 Å². The molecule has 4 nitrogen and oxygen atoms in total. The van der Waals surface area contributed by atoms with E-state index in [-0.39, 0.29) is 17.1 Å². The molecule has 0 aliphatic carbocycles. The van der Waals surface area contributed by atoms with E-state index in [1.54, 1.807) is 0 Å². The van der Waals surface area contributed by atoms with Gasteiger partial charge in [-0.15, -0.1) is 0 Å². The van der Waals surface area contributed by atoms with Gasteiger partial charge in [0.1, 0.15) is 0 Å². The molecule has 0 bridgehead atoms. The molecular formula is C27H40F2N2O2. The van der Waals surface area contributed by atoms with Crippen LogP contribution in [-0.4, -0.2) is 23.2 Å². The summed E-state index contributed by atoms with van der Waals surface area (Å²) in [6, 6.07) is 2.91. The third kappa shape index (κ3) is 10.1. The fourth-order valence-electron chi connectivity index (χ4n) is 3.66. The van der Waals surface area contributed by atoms with Gasteiger partial charge in [0, 0.05) is 0 Å². The van der Waals surface area contributed by atoms with E-state index in [0.29, 0.717) is 19.0 Å². The van der Waals surface area contributed by atoms with E-state index in [4.69, 9.17) is 9.47 Å². The second-order valence-corrected chi connectivity index (χ2v) is 8.57. The quantitative estimate of drug-likeness (QED) is 0.209. The topological polar surface area (TPSA) is 44.2 Å². The maximum absolute atomic E-state index is 14.6. The van der Waals surface area contributed by atoms with Gasteiger partial charge in [-0.3, -0.25) is 0 Å². The molecule has 0 unspecified atom stereocenters. The van der Waals surface area contributed by atoms with Crippen LogP contribution >= 0.6 is 0 Å². The molecule has 2 rings (SSSR count). The van der Waals surface area contributed by atoms with Gasteiger partial charge in [0.25, 0.3) is 0 Å². The first kappa shape index (κ1) is 27.0. The average Bonchev–Trinajstić information content (AvgIpc) is 2.83. The molecule has 1 aromatic heterocycles. The van der Waals surface area contributed by atoms with Crippen molar-refractivity contribution < 1.29 is 18.3 Å². The molecule has 0 spiro atoms. The maximum Gasteiger partial charge on any atom is 0.201 e. The first-order chi connectivity index (χ1) is 16.2. The Morgan fingerprint density at radius 2 is 1.15 bits per heavy atom. The molecule has 0 radical (unpaired) electrons. The molecule has 0 aliphatic heterocycles. The van der Waals surface area contributed by atoms with E-state index in [1.165, 1.54) is 75.9 Å². The number of halogens is 2. The van der Waals surface area contributed by atoms with Crippen LogP contribution < -0.4 is 9.47 Å². The van der Waals surface area contributed by atoms with Crippen molar-refractivity contribution >= 4 is 0 Å². The Hall–Kier alpha value is -2.24. The molecule has 184 valence electrons. The van der Waals surface area contributed by atoms with Crippen LogP contribution in [0, 0.1) is 11.6 Å². The summed E-state index contributed by atoms with van der Waals surface area (Å²) in [4.78, 5) is 8.31. The zero-order valence-corrected chi connectivity index (χ0v) is 20.4. The molecule has 2 aromatic rings. The van der Waals surface area contributed by atoms with Gasteiger partial charge in [-0.2, -0.15) is 4.39 Å². The fourth-order valence-corrected chi connectivity index (χ4v) is 3.66. The van der Waals surface area contributed by atoms with Crippen molar-refractivity contribution in [2.45, 2.75) is 97.3 Å². The Kier molecular flexibility index (Phi) is 13.4. The average molecular weight is 463 g/mol. The highest BCUT2D eigenvalue weighted by molar-refractivity contribution is 5.57. The Labute approximate surface area is 198 Å². The molecule has 0 saturated carbocycles. The molecule has 0 saturated heterocycles. The number of benzene rings is 1. The molecule has 1 aromatic carbocycles. The van der Waals surface area contributed by atoms with Crippen LogP contribution in [0.15, 0.2) is 24.5 Å². The third-order valence-corrected chi connectivity index (χ3v) is 5.69. The highest BCUT2D eigenvalue weighted by Gasteiger charge is 2.17. The molecular weight excluding hydrogens is 422 g/mol. The Morgan fingerprint density at radius 3 is 1.73 bits per heavy atom. The number of nitrogens with zero attached hydrogens (tertiary/aromatic N) is 2. The van der Waals surface area contributed by atoms with Crippen LogP contribution in [0.5, 0.6) is 11.5 Å². The van der Waals surface area contributed by atoms with Gasteiger partial charge in [-0.25, -0.2) is 14.4 Å². The zero-order valence-electron chi connectivity index (χ0n) is 20.4. The molecule has 0 amide bonds. The number of rotatable bonds is 18. The molecule has 0 N–H and O–H groups in total. The summed E-state index contributed by atoms with van der Waals surface area (Å²) in [6.45, 7) is 5.37. The monoisotopic (exact) mass is 462 g/mol. The fraction of sp³-hybridized carbons (Fsp3) is 0.630. The number of ether oxygens (including phenoxy) is 2. The second-order valence-electron chi connectivity index (χ2n) is 8.57. The number of hydrogen-bond acceptors (Lipinski definition) is 4. The van der Waals surface area contributed by atoms with Crippen LogP contribution in [0.3, 0.4) is 0 Å². The summed E-state index contributed by atoms with van der Waals surface area (Å²) in [5.74, 6) is -1.41. The van der Waals surface area contributed by atoms with Crippen molar-refractivity contribution in [2.75, 3.05) is 13.2 Å². The predicted octanol–water partition coefficient (Wildman–Crippen LogP) is 8.29. The molecule has 0 aliphatic rings. The van der Waals surface area contributed by atoms with Crippen molar-refractivity contribution in [1.29, 1.82) is 0 Å². The highest BCUT2D eigenvalue weighted by Crippen LogP contribution is 2.28. The Bertz CT molecular complexity index is 784. The number of hydrogen-bond donors (Lipinski definition) is 0. The van der Waals surface area contributed by atoms with Gasteiger partial charge >= 0.3 is 0 Å². The van der Waals surface area contributed by atoms with Gasteiger partial charge < -0.3 is 9.47 Å². The predicted molar refractivity (Wildman–Crippen MR) is 130 cm³/mol. The van der Waals surface area contributed by atoms with Crippen molar-refractivity contribution in [3.8, 4) is 22.9 Å². The summed E-state index contributed by atoms with van der Waals surface area (Å²) in [7, 11) is 0. The molecule has 1 heterocycles. The largest absolute Gasteiger partial charge is 0.490 e. The summed E-state index contributed by atoms with van der Waals surface area (Å²) in [5.41, 5.74) is 0.0121. The van der Waals surface area contributed by atoms with Crippen LogP contribution in [0.25, 0.3) is 11.4 Å². The molecule has 6 heteroatoms. The third-order valence-electron chi connectivity index (χ3n) is 5.69. The summed E-state index contributed by atoms with van der Waals surface area (Å²) < 4.78 is 40.2. The number of unbranched alkanes of at least 4 members (excludes halogenated alkanes) is 11. The lowest BCUT2D eigenvalue weighted by Crippen LogP contribution is -2.03. The standard InChI is InChI=1S/C27H40F2N2O2/c1-3-5-7-9-11-13-14-18-32-22-20-30-27(31-21-22)23-16-17-24(26(29)25(23)28)33-19-15-12-10-8-6-4-2/h16-17,20-21H,3-15,18-19H2,1-2H3. The lowest BCUT2D eigenvalue weighted by molar-refractivity contribution is 0.285. The normalized spacial score (nSPS) is 11.0. The van der Waals surface area contributed by atoms with E-state index in [1.807, 2.05) is 0 Å². The summed E-state index contributed by atoms with van der Waals surface area (Å²) >= 11 is 0. The molecule has 0 atom stereocenters. The Morgan fingerprint density at radius 1 is 0.636 bits per heavy atom. The number of aromatic nitrogens is 2. The van der Waals surface area contributed by atoms with Crippen LogP contribution in [-0.2, 0) is 0 Å². The smallest absolute Gasteiger partial charge is 0.201 e. The van der Waals surface area contributed by atoms with Crippen LogP contribution in [0.4, 0.5) is 8.78 Å². The van der Waals surface area contributed by atoms with Crippen molar-refractivity contribution in [3.05, 3.63) is 36.2 Å². The highest BCUT2D eigenvalue weighted by atomic mass is 19.2. The van der Waals surface area contributed by atoms with Gasteiger partial charge in [0.05, 0.1) is 31.2 Å². The lowest BCUT2D eigenvalue weighted by atomic mass is 10.1. The molecule has 33 heavy (non-hydrogen) atoms. The lowest BCUT2D eigenvalue weighted by Gasteiger charge is -2.10. The summed E-state index contributed by atoms with van der Waals surface area (Å²) in [5, 5.41) is 0. The minimum absolute atomic E-state index is 0.0121. The maximum atomic E-state index is 14.6. The van der Waals surface area contributed by atoms with E-state index in [2.05, 4.69) is 23.8 Å². The van der Waals surface area contributed by atoms with E-state index in [0.717, 1.165) is 32.1 Å². The van der Waals surface area contributed by atoms with Crippen LogP contribution in [0.1, 0.15) is 97.3 Å². The minimum Gasteiger partial charge on any atom is -0.490 e. The second kappa shape index (κ2) is 16.4. The molecule has 0 fully saturated rings. The van der Waals surface area contributed by atoms with E-state index in [9.17, 15) is 8.78 Å². The summed E-state index contributed by atoms with van der Waals surface area (Å²) in [6.07, 6.45) is 18.1.